The molecule has 0 saturated carbocycles. The molecule has 5 heteroatoms. The van der Waals surface area contributed by atoms with Gasteiger partial charge in [0, 0.05) is 24.2 Å². The SMILES string of the molecule is Cc1ccc2c(c1)N(c1ccccn1)c1cc(-c3ccc4c(C(C)C)ccc(O)c4n3)ccc1N2C. The topological polar surface area (TPSA) is 52.5 Å². The number of hydrogen-bond donors (Lipinski definition) is 1. The van der Waals surface area contributed by atoms with Gasteiger partial charge in [0.1, 0.15) is 17.1 Å². The van der Waals surface area contributed by atoms with Crippen molar-refractivity contribution in [1.29, 1.82) is 0 Å². The zero-order valence-corrected chi connectivity index (χ0v) is 20.9. The Bertz CT molecular complexity index is 1610. The number of anilines is 5. The highest BCUT2D eigenvalue weighted by molar-refractivity contribution is 5.99. The highest BCUT2D eigenvalue weighted by Gasteiger charge is 2.29. The Morgan fingerprint density at radius 1 is 0.806 bits per heavy atom. The van der Waals surface area contributed by atoms with Gasteiger partial charge in [0.05, 0.1) is 28.4 Å². The Hall–Kier alpha value is -4.38. The number of nitrogens with zero attached hydrogens (tertiary/aromatic N) is 4. The minimum atomic E-state index is 0.202. The van der Waals surface area contributed by atoms with Crippen molar-refractivity contribution in [2.45, 2.75) is 26.7 Å². The lowest BCUT2D eigenvalue weighted by Gasteiger charge is -2.38. The summed E-state index contributed by atoms with van der Waals surface area (Å²) in [5.74, 6) is 1.41. The first-order chi connectivity index (χ1) is 17.4. The summed E-state index contributed by atoms with van der Waals surface area (Å²) in [7, 11) is 2.10. The molecule has 36 heavy (non-hydrogen) atoms. The van der Waals surface area contributed by atoms with Crippen molar-refractivity contribution >= 4 is 39.5 Å². The molecule has 2 aromatic heterocycles. The highest BCUT2D eigenvalue weighted by atomic mass is 16.3. The lowest BCUT2D eigenvalue weighted by Crippen LogP contribution is -2.24. The number of aromatic nitrogens is 2. The molecule has 0 atom stereocenters. The average Bonchev–Trinajstić information content (AvgIpc) is 2.89. The third-order valence-corrected chi connectivity index (χ3v) is 6.98. The number of phenolic OH excluding ortho intramolecular Hbond substituents is 1. The van der Waals surface area contributed by atoms with Crippen LogP contribution in [0.1, 0.15) is 30.9 Å². The molecule has 0 aliphatic carbocycles. The van der Waals surface area contributed by atoms with Gasteiger partial charge in [-0.15, -0.1) is 0 Å². The molecule has 0 bridgehead atoms. The van der Waals surface area contributed by atoms with Gasteiger partial charge >= 0.3 is 0 Å². The Labute approximate surface area is 211 Å². The van der Waals surface area contributed by atoms with Crippen molar-refractivity contribution in [2.24, 2.45) is 0 Å². The van der Waals surface area contributed by atoms with E-state index in [2.05, 4.69) is 80.1 Å². The smallest absolute Gasteiger partial charge is 0.141 e. The molecular weight excluding hydrogens is 444 g/mol. The van der Waals surface area contributed by atoms with Gasteiger partial charge < -0.3 is 10.0 Å². The molecule has 0 radical (unpaired) electrons. The number of hydrogen-bond acceptors (Lipinski definition) is 5. The molecule has 178 valence electrons. The van der Waals surface area contributed by atoms with E-state index in [1.54, 1.807) is 6.07 Å². The maximum absolute atomic E-state index is 10.6. The van der Waals surface area contributed by atoms with E-state index in [0.717, 1.165) is 45.2 Å². The van der Waals surface area contributed by atoms with Crippen molar-refractivity contribution in [3.05, 3.63) is 96.2 Å². The van der Waals surface area contributed by atoms with Crippen LogP contribution in [0.15, 0.2) is 85.1 Å². The molecule has 0 unspecified atom stereocenters. The Morgan fingerprint density at radius 2 is 1.58 bits per heavy atom. The summed E-state index contributed by atoms with van der Waals surface area (Å²) in [5.41, 5.74) is 9.15. The summed E-state index contributed by atoms with van der Waals surface area (Å²) in [6.07, 6.45) is 1.83. The number of fused-ring (bicyclic) bond motifs is 3. The molecule has 0 fully saturated rings. The number of aryl methyl sites for hydroxylation is 1. The minimum absolute atomic E-state index is 0.202. The average molecular weight is 473 g/mol. The van der Waals surface area contributed by atoms with Crippen LogP contribution in [0.3, 0.4) is 0 Å². The first-order valence-corrected chi connectivity index (χ1v) is 12.2. The highest BCUT2D eigenvalue weighted by Crippen LogP contribution is 2.51. The van der Waals surface area contributed by atoms with Gasteiger partial charge in [-0.1, -0.05) is 44.2 Å². The molecule has 5 aromatic rings. The summed E-state index contributed by atoms with van der Waals surface area (Å²) >= 11 is 0. The number of rotatable bonds is 3. The molecule has 1 aliphatic rings. The zero-order valence-electron chi connectivity index (χ0n) is 20.9. The van der Waals surface area contributed by atoms with E-state index in [9.17, 15) is 5.11 Å². The van der Waals surface area contributed by atoms with Crippen LogP contribution in [0.4, 0.5) is 28.6 Å². The fraction of sp³-hybridized carbons (Fsp3) is 0.161. The summed E-state index contributed by atoms with van der Waals surface area (Å²) in [6, 6.07) is 26.8. The molecule has 5 nitrogen and oxygen atoms in total. The van der Waals surface area contributed by atoms with Crippen LogP contribution in [-0.4, -0.2) is 22.1 Å². The normalized spacial score (nSPS) is 12.7. The van der Waals surface area contributed by atoms with Crippen LogP contribution >= 0.6 is 0 Å². The fourth-order valence-corrected chi connectivity index (χ4v) is 5.12. The van der Waals surface area contributed by atoms with Crippen LogP contribution < -0.4 is 9.80 Å². The summed E-state index contributed by atoms with van der Waals surface area (Å²) in [5, 5.41) is 11.6. The van der Waals surface area contributed by atoms with E-state index in [-0.39, 0.29) is 5.75 Å². The Morgan fingerprint density at radius 3 is 2.33 bits per heavy atom. The van der Waals surface area contributed by atoms with E-state index in [1.165, 1.54) is 11.1 Å². The van der Waals surface area contributed by atoms with E-state index < -0.39 is 0 Å². The number of phenols is 1. The van der Waals surface area contributed by atoms with Crippen molar-refractivity contribution in [2.75, 3.05) is 16.8 Å². The molecule has 1 aliphatic heterocycles. The lowest BCUT2D eigenvalue weighted by molar-refractivity contribution is 0.480. The standard InChI is InChI=1S/C31H28N4O/c1-19(2)22-11-15-29(36)31-23(22)10-12-24(33-31)21-9-14-26-28(18-21)35(30-7-5-6-16-32-30)27-17-20(3)8-13-25(27)34(26)4/h5-19,36H,1-4H3. The molecule has 6 rings (SSSR count). The molecule has 3 heterocycles. The number of pyridine rings is 2. The lowest BCUT2D eigenvalue weighted by atomic mass is 9.97. The van der Waals surface area contributed by atoms with Crippen LogP contribution in [-0.2, 0) is 0 Å². The summed E-state index contributed by atoms with van der Waals surface area (Å²) < 4.78 is 0. The van der Waals surface area contributed by atoms with E-state index in [1.807, 2.05) is 36.5 Å². The third-order valence-electron chi connectivity index (χ3n) is 6.98. The quantitative estimate of drug-likeness (QED) is 0.288. The van der Waals surface area contributed by atoms with Crippen molar-refractivity contribution in [1.82, 2.24) is 9.97 Å². The third kappa shape index (κ3) is 3.47. The monoisotopic (exact) mass is 472 g/mol. The van der Waals surface area contributed by atoms with Crippen molar-refractivity contribution in [3.8, 4) is 17.0 Å². The van der Waals surface area contributed by atoms with Crippen LogP contribution in [0, 0.1) is 6.92 Å². The largest absolute Gasteiger partial charge is 0.506 e. The second-order valence-electron chi connectivity index (χ2n) is 9.70. The molecule has 0 amide bonds. The first-order valence-electron chi connectivity index (χ1n) is 12.2. The van der Waals surface area contributed by atoms with Crippen LogP contribution in [0.25, 0.3) is 22.2 Å². The van der Waals surface area contributed by atoms with E-state index >= 15 is 0 Å². The number of benzene rings is 3. The predicted molar refractivity (Wildman–Crippen MR) is 148 cm³/mol. The Balaban J connectivity index is 1.55. The van der Waals surface area contributed by atoms with Crippen LogP contribution in [0.5, 0.6) is 5.75 Å². The van der Waals surface area contributed by atoms with Gasteiger partial charge in [-0.2, -0.15) is 0 Å². The van der Waals surface area contributed by atoms with Crippen molar-refractivity contribution in [3.63, 3.8) is 0 Å². The van der Waals surface area contributed by atoms with Gasteiger partial charge in [0.15, 0.2) is 0 Å². The summed E-state index contributed by atoms with van der Waals surface area (Å²) in [6.45, 7) is 6.43. The molecule has 1 N–H and O–H groups in total. The van der Waals surface area contributed by atoms with Gasteiger partial charge in [-0.3, -0.25) is 4.90 Å². The molecule has 0 saturated heterocycles. The van der Waals surface area contributed by atoms with Crippen LogP contribution in [0.2, 0.25) is 0 Å². The van der Waals surface area contributed by atoms with Gasteiger partial charge in [0.2, 0.25) is 0 Å². The Kier molecular flexibility index (Phi) is 5.15. The first kappa shape index (κ1) is 22.1. The van der Waals surface area contributed by atoms with Gasteiger partial charge in [0.25, 0.3) is 0 Å². The molecule has 3 aromatic carbocycles. The predicted octanol–water partition coefficient (Wildman–Crippen LogP) is 7.99. The second-order valence-corrected chi connectivity index (χ2v) is 9.70. The maximum Gasteiger partial charge on any atom is 0.141 e. The maximum atomic E-state index is 10.6. The second kappa shape index (κ2) is 8.38. The summed E-state index contributed by atoms with van der Waals surface area (Å²) in [4.78, 5) is 14.1. The van der Waals surface area contributed by atoms with E-state index in [0.29, 0.717) is 11.4 Å². The number of aromatic hydroxyl groups is 1. The van der Waals surface area contributed by atoms with Gasteiger partial charge in [-0.05, 0) is 72.5 Å². The molecular formula is C31H28N4O. The van der Waals surface area contributed by atoms with Crippen molar-refractivity contribution < 1.29 is 5.11 Å². The fourth-order valence-electron chi connectivity index (χ4n) is 5.12. The molecule has 0 spiro atoms. The van der Waals surface area contributed by atoms with E-state index in [4.69, 9.17) is 9.97 Å². The minimum Gasteiger partial charge on any atom is -0.506 e. The zero-order chi connectivity index (χ0) is 25.0. The van der Waals surface area contributed by atoms with Gasteiger partial charge in [-0.25, -0.2) is 9.97 Å².